The largest absolute Gasteiger partial charge is 0.494 e. The van der Waals surface area contributed by atoms with Crippen LogP contribution >= 0.6 is 0 Å². The Hall–Kier alpha value is -4.65. The first-order valence-corrected chi connectivity index (χ1v) is 13.6. The minimum Gasteiger partial charge on any atom is -0.494 e. The monoisotopic (exact) mass is 556 g/mol. The number of esters is 2. The Kier molecular flexibility index (Phi) is 10.5. The van der Waals surface area contributed by atoms with Gasteiger partial charge in [0.05, 0.1) is 24.3 Å². The fourth-order valence-corrected chi connectivity index (χ4v) is 3.95. The lowest BCUT2D eigenvalue weighted by Crippen LogP contribution is -2.10. The molecule has 0 radical (unpaired) electrons. The lowest BCUT2D eigenvalue weighted by atomic mass is 10.1. The van der Waals surface area contributed by atoms with Gasteiger partial charge in [0, 0.05) is 0 Å². The molecule has 0 unspecified atom stereocenters. The van der Waals surface area contributed by atoms with Crippen molar-refractivity contribution in [2.75, 3.05) is 13.2 Å². The smallest absolute Gasteiger partial charge is 0.346 e. The third-order valence-electron chi connectivity index (χ3n) is 6.28. The quantitative estimate of drug-likeness (QED) is 0.0947. The molecule has 0 saturated heterocycles. The number of rotatable bonds is 13. The third-order valence-corrected chi connectivity index (χ3v) is 6.28. The molecular weight excluding hydrogens is 523 g/mol. The molecule has 0 atom stereocenters. The molecule has 0 amide bonds. The summed E-state index contributed by atoms with van der Waals surface area (Å²) in [6.07, 6.45) is 3.80. The first kappa shape index (κ1) is 29.3. The molecule has 0 saturated carbocycles. The van der Waals surface area contributed by atoms with E-state index in [9.17, 15) is 14.0 Å². The molecule has 4 aromatic rings. The highest BCUT2D eigenvalue weighted by molar-refractivity contribution is 5.91. The number of carbonyl (C=O) groups excluding carboxylic acids is 2. The summed E-state index contributed by atoms with van der Waals surface area (Å²) in [5, 5.41) is 0. The van der Waals surface area contributed by atoms with Gasteiger partial charge in [0.25, 0.3) is 0 Å². The highest BCUT2D eigenvalue weighted by Gasteiger charge is 2.14. The zero-order valence-corrected chi connectivity index (χ0v) is 23.2. The molecule has 0 aliphatic heterocycles. The maximum Gasteiger partial charge on any atom is 0.346 e. The molecule has 0 spiro atoms. The number of aryl methyl sites for hydroxylation is 2. The summed E-state index contributed by atoms with van der Waals surface area (Å²) < 4.78 is 36.2. The second-order valence-corrected chi connectivity index (χ2v) is 9.68. The molecule has 7 heteroatoms. The Morgan fingerprint density at radius 1 is 0.561 bits per heavy atom. The molecule has 212 valence electrons. The van der Waals surface area contributed by atoms with Gasteiger partial charge in [0.2, 0.25) is 0 Å². The number of hydrogen-bond acceptors (Lipinski definition) is 6. The Bertz CT molecular complexity index is 1430. The molecule has 0 N–H and O–H groups in total. The van der Waals surface area contributed by atoms with E-state index in [0.29, 0.717) is 36.0 Å². The SMILES string of the molecule is Cc1ccc(C(=O)Oc2ccc(OCCCCCCOc3ccc(OC(=O)c4ccc(C)cc4F)cc3)cc2)cc1. The van der Waals surface area contributed by atoms with Crippen LogP contribution in [0, 0.1) is 19.7 Å². The summed E-state index contributed by atoms with van der Waals surface area (Å²) in [7, 11) is 0. The molecule has 6 nitrogen and oxygen atoms in total. The van der Waals surface area contributed by atoms with Gasteiger partial charge in [0.1, 0.15) is 28.8 Å². The standard InChI is InChI=1S/C34H33FO6/c1-24-7-10-26(11-8-24)33(36)40-29-16-12-27(13-17-29)38-21-5-3-4-6-22-39-28-14-18-30(19-15-28)41-34(37)31-20-9-25(2)23-32(31)35/h7-20,23H,3-6,21-22H2,1-2H3. The normalized spacial score (nSPS) is 10.6. The van der Waals surface area contributed by atoms with E-state index in [-0.39, 0.29) is 5.56 Å². The van der Waals surface area contributed by atoms with Crippen molar-refractivity contribution in [3.63, 3.8) is 0 Å². The van der Waals surface area contributed by atoms with Crippen LogP contribution in [0.2, 0.25) is 0 Å². The van der Waals surface area contributed by atoms with E-state index in [0.717, 1.165) is 42.6 Å². The van der Waals surface area contributed by atoms with Gasteiger partial charge in [-0.1, -0.05) is 23.8 Å². The molecule has 4 rings (SSSR count). The van der Waals surface area contributed by atoms with Crippen molar-refractivity contribution in [1.29, 1.82) is 0 Å². The Labute approximate surface area is 239 Å². The predicted molar refractivity (Wildman–Crippen MR) is 155 cm³/mol. The minimum atomic E-state index is -0.739. The van der Waals surface area contributed by atoms with Crippen LogP contribution in [0.1, 0.15) is 57.5 Å². The summed E-state index contributed by atoms with van der Waals surface area (Å²) >= 11 is 0. The van der Waals surface area contributed by atoms with Crippen LogP contribution in [0.25, 0.3) is 0 Å². The third kappa shape index (κ3) is 9.21. The van der Waals surface area contributed by atoms with E-state index in [2.05, 4.69) is 0 Å². The molecule has 0 aliphatic rings. The first-order chi connectivity index (χ1) is 19.9. The fraction of sp³-hybridized carbons (Fsp3) is 0.235. The van der Waals surface area contributed by atoms with Crippen molar-refractivity contribution in [3.05, 3.63) is 119 Å². The van der Waals surface area contributed by atoms with Gasteiger partial charge >= 0.3 is 11.9 Å². The summed E-state index contributed by atoms with van der Waals surface area (Å²) in [4.78, 5) is 24.4. The van der Waals surface area contributed by atoms with E-state index in [1.807, 2.05) is 19.1 Å². The number of halogens is 1. The van der Waals surface area contributed by atoms with Crippen molar-refractivity contribution in [1.82, 2.24) is 0 Å². The number of carbonyl (C=O) groups is 2. The Balaban J connectivity index is 1.07. The zero-order valence-electron chi connectivity index (χ0n) is 23.2. The average Bonchev–Trinajstić information content (AvgIpc) is 2.96. The molecule has 41 heavy (non-hydrogen) atoms. The van der Waals surface area contributed by atoms with Crippen LogP contribution in [-0.2, 0) is 0 Å². The fourth-order valence-electron chi connectivity index (χ4n) is 3.95. The van der Waals surface area contributed by atoms with Crippen molar-refractivity contribution in [3.8, 4) is 23.0 Å². The van der Waals surface area contributed by atoms with Gasteiger partial charge in [-0.2, -0.15) is 0 Å². The maximum absolute atomic E-state index is 14.0. The van der Waals surface area contributed by atoms with Gasteiger partial charge in [0.15, 0.2) is 0 Å². The van der Waals surface area contributed by atoms with Gasteiger partial charge in [-0.15, -0.1) is 0 Å². The van der Waals surface area contributed by atoms with Gasteiger partial charge in [-0.3, -0.25) is 0 Å². The van der Waals surface area contributed by atoms with Crippen LogP contribution in [0.15, 0.2) is 91.0 Å². The van der Waals surface area contributed by atoms with Crippen molar-refractivity contribution in [2.24, 2.45) is 0 Å². The Morgan fingerprint density at radius 2 is 1.02 bits per heavy atom. The van der Waals surface area contributed by atoms with E-state index >= 15 is 0 Å². The second kappa shape index (κ2) is 14.7. The molecule has 0 fully saturated rings. The number of hydrogen-bond donors (Lipinski definition) is 0. The van der Waals surface area contributed by atoms with Crippen LogP contribution in [0.5, 0.6) is 23.0 Å². The zero-order chi connectivity index (χ0) is 29.0. The number of ether oxygens (including phenoxy) is 4. The molecular formula is C34H33FO6. The molecule has 0 heterocycles. The molecule has 0 aromatic heterocycles. The predicted octanol–water partition coefficient (Wildman–Crippen LogP) is 7.90. The first-order valence-electron chi connectivity index (χ1n) is 13.6. The summed E-state index contributed by atoms with van der Waals surface area (Å²) in [5.41, 5.74) is 2.22. The molecule has 0 bridgehead atoms. The number of benzene rings is 4. The highest BCUT2D eigenvalue weighted by atomic mass is 19.1. The van der Waals surface area contributed by atoms with E-state index in [1.165, 1.54) is 12.1 Å². The van der Waals surface area contributed by atoms with Gasteiger partial charge in [-0.25, -0.2) is 14.0 Å². The second-order valence-electron chi connectivity index (χ2n) is 9.68. The van der Waals surface area contributed by atoms with E-state index in [4.69, 9.17) is 18.9 Å². The Morgan fingerprint density at radius 3 is 1.54 bits per heavy atom. The average molecular weight is 557 g/mol. The minimum absolute atomic E-state index is 0.101. The van der Waals surface area contributed by atoms with Gasteiger partial charge < -0.3 is 18.9 Å². The van der Waals surface area contributed by atoms with Gasteiger partial charge in [-0.05, 0) is 118 Å². The number of unbranched alkanes of at least 4 members (excludes halogenated alkanes) is 3. The lowest BCUT2D eigenvalue weighted by Gasteiger charge is -2.09. The molecule has 0 aliphatic carbocycles. The molecule has 4 aromatic carbocycles. The van der Waals surface area contributed by atoms with E-state index < -0.39 is 17.8 Å². The van der Waals surface area contributed by atoms with Crippen molar-refractivity contribution < 1.29 is 32.9 Å². The highest BCUT2D eigenvalue weighted by Crippen LogP contribution is 2.21. The maximum atomic E-state index is 14.0. The summed E-state index contributed by atoms with van der Waals surface area (Å²) in [6, 6.07) is 25.3. The summed E-state index contributed by atoms with van der Waals surface area (Å²) in [5.74, 6) is 0.448. The lowest BCUT2D eigenvalue weighted by molar-refractivity contribution is 0.0722. The van der Waals surface area contributed by atoms with Crippen molar-refractivity contribution in [2.45, 2.75) is 39.5 Å². The van der Waals surface area contributed by atoms with Crippen LogP contribution in [0.3, 0.4) is 0 Å². The van der Waals surface area contributed by atoms with Crippen molar-refractivity contribution >= 4 is 11.9 Å². The van der Waals surface area contributed by atoms with Crippen LogP contribution < -0.4 is 18.9 Å². The topological polar surface area (TPSA) is 71.1 Å². The van der Waals surface area contributed by atoms with Crippen LogP contribution in [0.4, 0.5) is 4.39 Å². The van der Waals surface area contributed by atoms with Crippen LogP contribution in [-0.4, -0.2) is 25.2 Å². The van der Waals surface area contributed by atoms with E-state index in [1.54, 1.807) is 73.7 Å². The summed E-state index contributed by atoms with van der Waals surface area (Å²) in [6.45, 7) is 4.88.